The van der Waals surface area contributed by atoms with Gasteiger partial charge >= 0.3 is 0 Å². The van der Waals surface area contributed by atoms with E-state index in [4.69, 9.17) is 0 Å². The van der Waals surface area contributed by atoms with Crippen LogP contribution in [0.1, 0.15) is 12.8 Å². The van der Waals surface area contributed by atoms with Gasteiger partial charge in [-0.1, -0.05) is 6.07 Å². The molecule has 1 aromatic heterocycles. The molecule has 2 aromatic carbocycles. The van der Waals surface area contributed by atoms with Crippen LogP contribution in [0.4, 0.5) is 20.3 Å². The van der Waals surface area contributed by atoms with Crippen LogP contribution in [0.25, 0.3) is 10.9 Å². The van der Waals surface area contributed by atoms with Gasteiger partial charge in [0.2, 0.25) is 0 Å². The van der Waals surface area contributed by atoms with E-state index in [2.05, 4.69) is 19.8 Å². The van der Waals surface area contributed by atoms with Crippen molar-refractivity contribution >= 4 is 22.4 Å². The predicted octanol–water partition coefficient (Wildman–Crippen LogP) is 4.01. The summed E-state index contributed by atoms with van der Waals surface area (Å²) in [6.45, 7) is 1.69. The van der Waals surface area contributed by atoms with E-state index in [1.165, 1.54) is 24.5 Å². The number of hydrogen-bond acceptors (Lipinski definition) is 4. The minimum absolute atomic E-state index is 0.212. The first-order valence-corrected chi connectivity index (χ1v) is 8.75. The van der Waals surface area contributed by atoms with Crippen LogP contribution >= 0.6 is 0 Å². The van der Waals surface area contributed by atoms with Crippen LogP contribution in [0.15, 0.2) is 48.8 Å². The van der Waals surface area contributed by atoms with Crippen molar-refractivity contribution in [3.8, 4) is 0 Å². The number of aromatic nitrogens is 2. The largest absolute Gasteiger partial charge is 0.371 e. The highest BCUT2D eigenvalue weighted by Crippen LogP contribution is 2.28. The predicted molar refractivity (Wildman–Crippen MR) is 99.5 cm³/mol. The molecule has 0 spiro atoms. The third-order valence-electron chi connectivity index (χ3n) is 5.10. The summed E-state index contributed by atoms with van der Waals surface area (Å²) in [7, 11) is 2.00. The van der Waals surface area contributed by atoms with E-state index in [1.807, 2.05) is 13.1 Å². The zero-order valence-electron chi connectivity index (χ0n) is 14.6. The Kier molecular flexibility index (Phi) is 4.41. The van der Waals surface area contributed by atoms with Gasteiger partial charge in [0.25, 0.3) is 0 Å². The molecule has 0 atom stereocenters. The molecule has 1 fully saturated rings. The molecular weight excluding hydrogens is 334 g/mol. The quantitative estimate of drug-likeness (QED) is 0.711. The molecule has 1 saturated heterocycles. The second kappa shape index (κ2) is 6.86. The van der Waals surface area contributed by atoms with Gasteiger partial charge in [-0.25, -0.2) is 18.7 Å². The lowest BCUT2D eigenvalue weighted by atomic mass is 10.0. The van der Waals surface area contributed by atoms with Crippen LogP contribution in [0.2, 0.25) is 0 Å². The summed E-state index contributed by atoms with van der Waals surface area (Å²) in [4.78, 5) is 12.9. The van der Waals surface area contributed by atoms with Crippen LogP contribution in [-0.4, -0.2) is 36.1 Å². The van der Waals surface area contributed by atoms with Crippen molar-refractivity contribution < 1.29 is 8.78 Å². The number of rotatable bonds is 3. The molecule has 0 radical (unpaired) electrons. The number of piperidine rings is 1. The Morgan fingerprint density at radius 1 is 1.00 bits per heavy atom. The summed E-state index contributed by atoms with van der Waals surface area (Å²) in [5, 5.41) is 0.725. The standard InChI is InChI=1S/C20H20F2N4/c1-25(20-18-12-15(22)5-6-19(18)23-13-24-20)16-7-9-26(10-8-16)17-4-2-3-14(21)11-17/h2-6,11-13,16H,7-10H2,1H3. The van der Waals surface area contributed by atoms with Crippen molar-refractivity contribution in [1.29, 1.82) is 0 Å². The van der Waals surface area contributed by atoms with Gasteiger partial charge in [-0.05, 0) is 49.2 Å². The van der Waals surface area contributed by atoms with Crippen molar-refractivity contribution in [1.82, 2.24) is 9.97 Å². The topological polar surface area (TPSA) is 32.3 Å². The fourth-order valence-corrected chi connectivity index (χ4v) is 3.65. The van der Waals surface area contributed by atoms with E-state index in [1.54, 1.807) is 18.2 Å². The lowest BCUT2D eigenvalue weighted by Crippen LogP contribution is -2.44. The Balaban J connectivity index is 1.52. The van der Waals surface area contributed by atoms with Gasteiger partial charge < -0.3 is 9.80 Å². The molecule has 4 rings (SSSR count). The zero-order valence-corrected chi connectivity index (χ0v) is 14.6. The normalized spacial score (nSPS) is 15.4. The fourth-order valence-electron chi connectivity index (χ4n) is 3.65. The highest BCUT2D eigenvalue weighted by atomic mass is 19.1. The van der Waals surface area contributed by atoms with Crippen LogP contribution in [0.5, 0.6) is 0 Å². The Bertz CT molecular complexity index is 923. The van der Waals surface area contributed by atoms with Crippen molar-refractivity contribution in [2.45, 2.75) is 18.9 Å². The summed E-state index contributed by atoms with van der Waals surface area (Å²) in [5.41, 5.74) is 1.65. The molecule has 0 bridgehead atoms. The fraction of sp³-hybridized carbons (Fsp3) is 0.300. The van der Waals surface area contributed by atoms with E-state index >= 15 is 0 Å². The van der Waals surface area contributed by atoms with Gasteiger partial charge in [-0.2, -0.15) is 0 Å². The van der Waals surface area contributed by atoms with Crippen LogP contribution in [-0.2, 0) is 0 Å². The van der Waals surface area contributed by atoms with Crippen LogP contribution < -0.4 is 9.80 Å². The molecule has 3 aromatic rings. The number of nitrogens with zero attached hydrogens (tertiary/aromatic N) is 4. The molecule has 0 amide bonds. The minimum atomic E-state index is -0.289. The second-order valence-corrected chi connectivity index (χ2v) is 6.67. The van der Waals surface area contributed by atoms with E-state index in [0.717, 1.165) is 48.3 Å². The van der Waals surface area contributed by atoms with E-state index < -0.39 is 0 Å². The summed E-state index contributed by atoms with van der Waals surface area (Å²) in [6, 6.07) is 11.6. The first kappa shape index (κ1) is 16.7. The van der Waals surface area contributed by atoms with Crippen molar-refractivity contribution in [2.24, 2.45) is 0 Å². The molecule has 134 valence electrons. The Labute approximate surface area is 151 Å². The number of anilines is 2. The first-order chi connectivity index (χ1) is 12.6. The summed E-state index contributed by atoms with van der Waals surface area (Å²) in [6.07, 6.45) is 3.37. The second-order valence-electron chi connectivity index (χ2n) is 6.67. The van der Waals surface area contributed by atoms with Crippen molar-refractivity contribution in [2.75, 3.05) is 29.9 Å². The number of halogens is 2. The molecule has 26 heavy (non-hydrogen) atoms. The van der Waals surface area contributed by atoms with E-state index in [9.17, 15) is 8.78 Å². The molecule has 2 heterocycles. The maximum Gasteiger partial charge on any atom is 0.139 e. The molecule has 0 N–H and O–H groups in total. The number of hydrogen-bond donors (Lipinski definition) is 0. The van der Waals surface area contributed by atoms with Gasteiger partial charge in [0.15, 0.2) is 0 Å². The monoisotopic (exact) mass is 354 g/mol. The average molecular weight is 354 g/mol. The molecule has 0 aliphatic carbocycles. The van der Waals surface area contributed by atoms with Gasteiger partial charge in [0.05, 0.1) is 5.52 Å². The van der Waals surface area contributed by atoms with E-state index in [0.29, 0.717) is 6.04 Å². The third kappa shape index (κ3) is 3.19. The Morgan fingerprint density at radius 2 is 1.77 bits per heavy atom. The average Bonchev–Trinajstić information content (AvgIpc) is 2.67. The summed E-state index contributed by atoms with van der Waals surface area (Å²) in [5.74, 6) is 0.248. The van der Waals surface area contributed by atoms with Gasteiger partial charge in [-0.3, -0.25) is 0 Å². The molecule has 6 heteroatoms. The molecule has 0 unspecified atom stereocenters. The van der Waals surface area contributed by atoms with Gasteiger partial charge in [-0.15, -0.1) is 0 Å². The highest BCUT2D eigenvalue weighted by molar-refractivity contribution is 5.89. The van der Waals surface area contributed by atoms with Gasteiger partial charge in [0, 0.05) is 37.3 Å². The maximum absolute atomic E-state index is 13.7. The number of benzene rings is 2. The molecular formula is C20H20F2N4. The Morgan fingerprint density at radius 3 is 2.54 bits per heavy atom. The molecule has 0 saturated carbocycles. The SMILES string of the molecule is CN(c1ncnc2ccc(F)cc12)C1CCN(c2cccc(F)c2)CC1. The highest BCUT2D eigenvalue weighted by Gasteiger charge is 2.24. The molecule has 1 aliphatic heterocycles. The number of fused-ring (bicyclic) bond motifs is 1. The lowest BCUT2D eigenvalue weighted by Gasteiger charge is -2.38. The maximum atomic E-state index is 13.7. The summed E-state index contributed by atoms with van der Waals surface area (Å²) < 4.78 is 27.1. The summed E-state index contributed by atoms with van der Waals surface area (Å²) >= 11 is 0. The lowest BCUT2D eigenvalue weighted by molar-refractivity contribution is 0.480. The Hall–Kier alpha value is -2.76. The molecule has 4 nitrogen and oxygen atoms in total. The van der Waals surface area contributed by atoms with Crippen LogP contribution in [0, 0.1) is 11.6 Å². The minimum Gasteiger partial charge on any atom is -0.371 e. The third-order valence-corrected chi connectivity index (χ3v) is 5.10. The van der Waals surface area contributed by atoms with Crippen molar-refractivity contribution in [3.05, 3.63) is 60.4 Å². The zero-order chi connectivity index (χ0) is 18.1. The van der Waals surface area contributed by atoms with E-state index in [-0.39, 0.29) is 11.6 Å². The molecule has 1 aliphatic rings. The van der Waals surface area contributed by atoms with Gasteiger partial charge in [0.1, 0.15) is 23.8 Å². The van der Waals surface area contributed by atoms with Crippen molar-refractivity contribution in [3.63, 3.8) is 0 Å². The first-order valence-electron chi connectivity index (χ1n) is 8.75. The smallest absolute Gasteiger partial charge is 0.139 e. The van der Waals surface area contributed by atoms with Crippen LogP contribution in [0.3, 0.4) is 0 Å².